The van der Waals surface area contributed by atoms with E-state index in [1.54, 1.807) is 0 Å². The third-order valence-electron chi connectivity index (χ3n) is 4.59. The van der Waals surface area contributed by atoms with Crippen LogP contribution in [-0.2, 0) is 5.54 Å². The van der Waals surface area contributed by atoms with Crippen LogP contribution >= 0.6 is 27.5 Å². The molecule has 0 bridgehead atoms. The summed E-state index contributed by atoms with van der Waals surface area (Å²) in [5, 5.41) is 1.89. The third-order valence-corrected chi connectivity index (χ3v) is 6.68. The molecule has 0 aromatic carbocycles. The van der Waals surface area contributed by atoms with Crippen LogP contribution in [-0.4, -0.2) is 3.96 Å². The zero-order valence-electron chi connectivity index (χ0n) is 15.2. The van der Waals surface area contributed by atoms with Gasteiger partial charge in [0.2, 0.25) is 0 Å². The highest BCUT2D eigenvalue weighted by Crippen LogP contribution is 2.25. The topological polar surface area (TPSA) is 22.0 Å². The van der Waals surface area contributed by atoms with Gasteiger partial charge in [0.15, 0.2) is 0 Å². The molecule has 1 aromatic rings. The van der Waals surface area contributed by atoms with E-state index in [1.807, 2.05) is 9.34 Å². The maximum atomic E-state index is 12.0. The van der Waals surface area contributed by atoms with E-state index in [9.17, 15) is 4.79 Å². The monoisotopic (exact) mass is 403 g/mol. The standard InChI is InChI=1S/C19H34BrNOS/c1-4-5-6-7-8-9-10-11-12-13-14-15-19(2,3)21-18(22)17(20)16-23-21/h16H,4-15H2,1-3H3. The van der Waals surface area contributed by atoms with Gasteiger partial charge < -0.3 is 0 Å². The highest BCUT2D eigenvalue weighted by atomic mass is 79.9. The molecular formula is C19H34BrNOS. The second-order valence-electron chi connectivity index (χ2n) is 7.27. The average molecular weight is 404 g/mol. The molecule has 0 atom stereocenters. The fourth-order valence-corrected chi connectivity index (χ4v) is 4.45. The van der Waals surface area contributed by atoms with Gasteiger partial charge in [-0.15, -0.1) is 0 Å². The minimum absolute atomic E-state index is 0.0625. The van der Waals surface area contributed by atoms with E-state index in [2.05, 4.69) is 36.7 Å². The Morgan fingerprint density at radius 1 is 0.957 bits per heavy atom. The summed E-state index contributed by atoms with van der Waals surface area (Å²) < 4.78 is 2.60. The Labute approximate surface area is 155 Å². The van der Waals surface area contributed by atoms with Gasteiger partial charge in [-0.05, 0) is 36.2 Å². The van der Waals surface area contributed by atoms with Crippen molar-refractivity contribution in [2.45, 2.75) is 103 Å². The quantitative estimate of drug-likeness (QED) is 0.321. The molecule has 0 aliphatic carbocycles. The largest absolute Gasteiger partial charge is 0.275 e. The van der Waals surface area contributed by atoms with Crippen molar-refractivity contribution in [2.75, 3.05) is 0 Å². The molecule has 4 heteroatoms. The van der Waals surface area contributed by atoms with Crippen molar-refractivity contribution in [1.82, 2.24) is 3.96 Å². The lowest BCUT2D eigenvalue weighted by Gasteiger charge is -2.25. The van der Waals surface area contributed by atoms with Crippen molar-refractivity contribution in [1.29, 1.82) is 0 Å². The number of aromatic nitrogens is 1. The van der Waals surface area contributed by atoms with E-state index in [0.717, 1.165) is 6.42 Å². The van der Waals surface area contributed by atoms with Gasteiger partial charge in [-0.2, -0.15) is 0 Å². The summed E-state index contributed by atoms with van der Waals surface area (Å²) >= 11 is 4.85. The summed E-state index contributed by atoms with van der Waals surface area (Å²) in [6.45, 7) is 6.62. The average Bonchev–Trinajstić information content (AvgIpc) is 2.85. The summed E-state index contributed by atoms with van der Waals surface area (Å²) in [5.41, 5.74) is 0.0515. The van der Waals surface area contributed by atoms with E-state index in [0.29, 0.717) is 4.47 Å². The summed E-state index contributed by atoms with van der Waals surface area (Å²) in [6, 6.07) is 0. The molecule has 1 heterocycles. The van der Waals surface area contributed by atoms with Crippen LogP contribution in [0.2, 0.25) is 0 Å². The highest BCUT2D eigenvalue weighted by Gasteiger charge is 2.23. The minimum atomic E-state index is -0.0625. The Morgan fingerprint density at radius 2 is 1.43 bits per heavy atom. The van der Waals surface area contributed by atoms with Crippen LogP contribution in [0.4, 0.5) is 0 Å². The number of nitrogens with zero attached hydrogens (tertiary/aromatic N) is 1. The van der Waals surface area contributed by atoms with Crippen LogP contribution in [0.1, 0.15) is 97.8 Å². The summed E-state index contributed by atoms with van der Waals surface area (Å²) in [4.78, 5) is 12.0. The normalized spacial score (nSPS) is 12.0. The van der Waals surface area contributed by atoms with Gasteiger partial charge in [0.05, 0.1) is 10.0 Å². The Balaban J connectivity index is 2.06. The molecule has 0 saturated heterocycles. The Kier molecular flexibility index (Phi) is 10.4. The maximum absolute atomic E-state index is 12.0. The number of rotatable bonds is 13. The lowest BCUT2D eigenvalue weighted by Crippen LogP contribution is -2.32. The van der Waals surface area contributed by atoms with Gasteiger partial charge in [-0.1, -0.05) is 89.1 Å². The molecule has 134 valence electrons. The zero-order valence-corrected chi connectivity index (χ0v) is 17.6. The van der Waals surface area contributed by atoms with Crippen molar-refractivity contribution in [3.8, 4) is 0 Å². The van der Waals surface area contributed by atoms with E-state index < -0.39 is 0 Å². The van der Waals surface area contributed by atoms with Gasteiger partial charge in [-0.25, -0.2) is 0 Å². The fraction of sp³-hybridized carbons (Fsp3) is 0.842. The number of unbranched alkanes of at least 4 members (excludes halogenated alkanes) is 10. The molecule has 0 aliphatic heterocycles. The molecule has 1 aromatic heterocycles. The van der Waals surface area contributed by atoms with Gasteiger partial charge >= 0.3 is 0 Å². The minimum Gasteiger partial charge on any atom is -0.267 e. The molecule has 0 N–H and O–H groups in total. The molecule has 0 saturated carbocycles. The van der Waals surface area contributed by atoms with Crippen LogP contribution < -0.4 is 5.56 Å². The molecule has 0 spiro atoms. The maximum Gasteiger partial charge on any atom is 0.275 e. The first-order valence-electron chi connectivity index (χ1n) is 9.36. The smallest absolute Gasteiger partial charge is 0.267 e. The van der Waals surface area contributed by atoms with E-state index >= 15 is 0 Å². The number of halogens is 1. The molecule has 23 heavy (non-hydrogen) atoms. The van der Waals surface area contributed by atoms with E-state index in [1.165, 1.54) is 82.2 Å². The Hall–Kier alpha value is -0.0900. The predicted molar refractivity (Wildman–Crippen MR) is 107 cm³/mol. The van der Waals surface area contributed by atoms with Crippen LogP contribution in [0, 0.1) is 0 Å². The SMILES string of the molecule is CCCCCCCCCCCCCC(C)(C)n1scc(Br)c1=O. The van der Waals surface area contributed by atoms with Gasteiger partial charge in [0.25, 0.3) is 5.56 Å². The summed E-state index contributed by atoms with van der Waals surface area (Å²) in [6.07, 6.45) is 16.1. The van der Waals surface area contributed by atoms with Crippen LogP contribution in [0.5, 0.6) is 0 Å². The van der Waals surface area contributed by atoms with Crippen molar-refractivity contribution < 1.29 is 0 Å². The van der Waals surface area contributed by atoms with E-state index in [4.69, 9.17) is 0 Å². The summed E-state index contributed by atoms with van der Waals surface area (Å²) in [7, 11) is 0. The molecular weight excluding hydrogens is 370 g/mol. The van der Waals surface area contributed by atoms with E-state index in [-0.39, 0.29) is 11.1 Å². The van der Waals surface area contributed by atoms with Crippen molar-refractivity contribution >= 4 is 27.5 Å². The second-order valence-corrected chi connectivity index (χ2v) is 8.93. The first-order chi connectivity index (χ1) is 11.0. The fourth-order valence-electron chi connectivity index (χ4n) is 3.04. The zero-order chi connectivity index (χ0) is 17.1. The van der Waals surface area contributed by atoms with Crippen LogP contribution in [0.15, 0.2) is 14.6 Å². The molecule has 1 rings (SSSR count). The highest BCUT2D eigenvalue weighted by molar-refractivity contribution is 9.10. The van der Waals surface area contributed by atoms with Crippen LogP contribution in [0.3, 0.4) is 0 Å². The van der Waals surface area contributed by atoms with Crippen molar-refractivity contribution in [3.63, 3.8) is 0 Å². The summed E-state index contributed by atoms with van der Waals surface area (Å²) in [5.74, 6) is 0. The van der Waals surface area contributed by atoms with Crippen LogP contribution in [0.25, 0.3) is 0 Å². The van der Waals surface area contributed by atoms with Crippen molar-refractivity contribution in [2.24, 2.45) is 0 Å². The van der Waals surface area contributed by atoms with Gasteiger partial charge in [-0.3, -0.25) is 8.75 Å². The third kappa shape index (κ3) is 8.02. The molecule has 0 aliphatic rings. The molecule has 2 nitrogen and oxygen atoms in total. The van der Waals surface area contributed by atoms with Gasteiger partial charge in [0, 0.05) is 5.38 Å². The Morgan fingerprint density at radius 3 is 1.87 bits per heavy atom. The second kappa shape index (κ2) is 11.5. The molecule has 0 unspecified atom stereocenters. The predicted octanol–water partition coefficient (Wildman–Crippen LogP) is 7.11. The molecule has 0 amide bonds. The van der Waals surface area contributed by atoms with Gasteiger partial charge in [0.1, 0.15) is 0 Å². The Bertz CT molecular complexity index is 478. The first-order valence-corrected chi connectivity index (χ1v) is 11.0. The number of hydrogen-bond donors (Lipinski definition) is 0. The molecule has 0 radical (unpaired) electrons. The molecule has 0 fully saturated rings. The lowest BCUT2D eigenvalue weighted by molar-refractivity contribution is 0.328. The van der Waals surface area contributed by atoms with Crippen molar-refractivity contribution in [3.05, 3.63) is 20.2 Å². The lowest BCUT2D eigenvalue weighted by atomic mass is 9.96. The number of hydrogen-bond acceptors (Lipinski definition) is 2. The first kappa shape index (κ1) is 21.0.